The lowest BCUT2D eigenvalue weighted by atomic mass is 9.62. The maximum atomic E-state index is 14.1. The number of hydrogen-bond donors (Lipinski definition) is 1. The number of hydrogen-bond acceptors (Lipinski definition) is 2. The molecule has 1 aliphatic carbocycles. The Morgan fingerprint density at radius 3 is 2.21 bits per heavy atom. The summed E-state index contributed by atoms with van der Waals surface area (Å²) in [4.78, 5) is 28.6. The highest BCUT2D eigenvalue weighted by molar-refractivity contribution is 5.89. The number of nitrogens with one attached hydrogen (secondary N) is 1. The highest BCUT2D eigenvalue weighted by Crippen LogP contribution is 2.50. The lowest BCUT2D eigenvalue weighted by Crippen LogP contribution is -2.55. The molecule has 0 unspecified atom stereocenters. The molecule has 5 heteroatoms. The van der Waals surface area contributed by atoms with Crippen molar-refractivity contribution in [3.8, 4) is 0 Å². The van der Waals surface area contributed by atoms with Crippen molar-refractivity contribution in [1.82, 2.24) is 10.2 Å². The van der Waals surface area contributed by atoms with E-state index in [4.69, 9.17) is 0 Å². The largest absolute Gasteiger partial charge is 0.355 e. The number of carbonyl (C=O) groups excluding carboxylic acids is 2. The van der Waals surface area contributed by atoms with Crippen LogP contribution in [0.25, 0.3) is 0 Å². The summed E-state index contributed by atoms with van der Waals surface area (Å²) in [5, 5.41) is 3.02. The first-order valence-electron chi connectivity index (χ1n) is 12.7. The van der Waals surface area contributed by atoms with Gasteiger partial charge in [-0.3, -0.25) is 9.59 Å². The van der Waals surface area contributed by atoms with Crippen LogP contribution in [0.2, 0.25) is 0 Å². The third-order valence-corrected chi connectivity index (χ3v) is 8.71. The van der Waals surface area contributed by atoms with Crippen molar-refractivity contribution in [2.24, 2.45) is 5.41 Å². The second-order valence-electron chi connectivity index (χ2n) is 10.9. The van der Waals surface area contributed by atoms with Crippen molar-refractivity contribution < 1.29 is 14.0 Å². The van der Waals surface area contributed by atoms with E-state index >= 15 is 0 Å². The maximum absolute atomic E-state index is 14.1. The molecule has 5 rings (SSSR count). The van der Waals surface area contributed by atoms with E-state index in [0.29, 0.717) is 26.1 Å². The van der Waals surface area contributed by atoms with Gasteiger partial charge >= 0.3 is 0 Å². The summed E-state index contributed by atoms with van der Waals surface area (Å²) in [6.07, 6.45) is 6.08. The molecule has 2 saturated heterocycles. The fraction of sp³-hybridized carbons (Fsp3) is 0.517. The van der Waals surface area contributed by atoms with Crippen molar-refractivity contribution in [3.05, 3.63) is 70.5 Å². The fourth-order valence-corrected chi connectivity index (χ4v) is 6.94. The molecule has 0 radical (unpaired) electrons. The minimum absolute atomic E-state index is 0.0839. The predicted molar refractivity (Wildman–Crippen MR) is 131 cm³/mol. The van der Waals surface area contributed by atoms with Crippen molar-refractivity contribution >= 4 is 11.8 Å². The summed E-state index contributed by atoms with van der Waals surface area (Å²) in [6, 6.07) is 13.3. The molecule has 2 aromatic rings. The highest BCUT2D eigenvalue weighted by atomic mass is 19.1. The number of likely N-dealkylation sites (tertiary alicyclic amines) is 1. The summed E-state index contributed by atoms with van der Waals surface area (Å²) in [7, 11) is 0. The topological polar surface area (TPSA) is 49.4 Å². The van der Waals surface area contributed by atoms with Gasteiger partial charge in [0.2, 0.25) is 11.8 Å². The molecule has 34 heavy (non-hydrogen) atoms. The Hall–Kier alpha value is -2.69. The zero-order chi connectivity index (χ0) is 23.9. The second-order valence-corrected chi connectivity index (χ2v) is 10.9. The van der Waals surface area contributed by atoms with Gasteiger partial charge in [0.05, 0.1) is 5.41 Å². The van der Waals surface area contributed by atoms with Gasteiger partial charge in [-0.05, 0) is 68.2 Å². The van der Waals surface area contributed by atoms with E-state index in [-0.39, 0.29) is 29.0 Å². The SMILES string of the molecule is Cc1cc(C)cc(C2(C(=O)N3CCC4(CC3)CC(=O)NC[C@@H]4c3ccc(F)cc3)CCCC2)c1. The predicted octanol–water partition coefficient (Wildman–Crippen LogP) is 5.17. The number of aryl methyl sites for hydroxylation is 2. The molecule has 2 heterocycles. The van der Waals surface area contributed by atoms with Crippen LogP contribution < -0.4 is 5.32 Å². The molecule has 1 spiro atoms. The van der Waals surface area contributed by atoms with Crippen molar-refractivity contribution in [3.63, 3.8) is 0 Å². The highest BCUT2D eigenvalue weighted by Gasteiger charge is 2.50. The van der Waals surface area contributed by atoms with Gasteiger partial charge in [-0.25, -0.2) is 4.39 Å². The normalized spacial score (nSPS) is 23.7. The van der Waals surface area contributed by atoms with Crippen molar-refractivity contribution in [2.45, 2.75) is 70.1 Å². The first-order chi connectivity index (χ1) is 16.3. The summed E-state index contributed by atoms with van der Waals surface area (Å²) < 4.78 is 13.5. The molecule has 0 bridgehead atoms. The summed E-state index contributed by atoms with van der Waals surface area (Å²) in [5.41, 5.74) is 4.07. The Bertz CT molecular complexity index is 1060. The zero-order valence-corrected chi connectivity index (χ0v) is 20.3. The summed E-state index contributed by atoms with van der Waals surface area (Å²) in [5.74, 6) is 0.248. The van der Waals surface area contributed by atoms with Crippen LogP contribution in [0, 0.1) is 25.1 Å². The molecule has 3 aliphatic rings. The van der Waals surface area contributed by atoms with Crippen LogP contribution in [0.5, 0.6) is 0 Å². The molecule has 1 saturated carbocycles. The molecular weight excluding hydrogens is 427 g/mol. The Morgan fingerprint density at radius 1 is 0.971 bits per heavy atom. The van der Waals surface area contributed by atoms with Gasteiger partial charge in [0.15, 0.2) is 0 Å². The Kier molecular flexibility index (Phi) is 5.99. The van der Waals surface area contributed by atoms with E-state index in [2.05, 4.69) is 42.3 Å². The Balaban J connectivity index is 1.39. The third-order valence-electron chi connectivity index (χ3n) is 8.71. The van der Waals surface area contributed by atoms with Gasteiger partial charge in [-0.1, -0.05) is 54.3 Å². The molecule has 4 nitrogen and oxygen atoms in total. The Morgan fingerprint density at radius 2 is 1.59 bits per heavy atom. The summed E-state index contributed by atoms with van der Waals surface area (Å²) >= 11 is 0. The van der Waals surface area contributed by atoms with Crippen LogP contribution in [-0.2, 0) is 15.0 Å². The molecule has 3 fully saturated rings. The van der Waals surface area contributed by atoms with E-state index in [1.807, 2.05) is 12.1 Å². The Labute approximate surface area is 201 Å². The molecule has 2 amide bonds. The minimum Gasteiger partial charge on any atom is -0.355 e. The number of benzene rings is 2. The van der Waals surface area contributed by atoms with Gasteiger partial charge in [0.1, 0.15) is 5.82 Å². The van der Waals surface area contributed by atoms with Crippen LogP contribution in [-0.4, -0.2) is 36.3 Å². The van der Waals surface area contributed by atoms with Gasteiger partial charge in [-0.2, -0.15) is 0 Å². The van der Waals surface area contributed by atoms with Crippen LogP contribution in [0.4, 0.5) is 4.39 Å². The van der Waals surface area contributed by atoms with Gasteiger partial charge in [0.25, 0.3) is 0 Å². The summed E-state index contributed by atoms with van der Waals surface area (Å²) in [6.45, 7) is 6.15. The van der Waals surface area contributed by atoms with Crippen molar-refractivity contribution in [2.75, 3.05) is 19.6 Å². The van der Waals surface area contributed by atoms with Crippen LogP contribution >= 0.6 is 0 Å². The van der Waals surface area contributed by atoms with E-state index in [1.54, 1.807) is 0 Å². The molecule has 1 atom stereocenters. The van der Waals surface area contributed by atoms with Crippen LogP contribution in [0.3, 0.4) is 0 Å². The molecule has 1 N–H and O–H groups in total. The average Bonchev–Trinajstić information content (AvgIpc) is 3.31. The van der Waals surface area contributed by atoms with Crippen LogP contribution in [0.15, 0.2) is 42.5 Å². The smallest absolute Gasteiger partial charge is 0.233 e. The molecule has 0 aromatic heterocycles. The lowest BCUT2D eigenvalue weighted by molar-refractivity contribution is -0.141. The third kappa shape index (κ3) is 4.03. The number of carbonyl (C=O) groups is 2. The van der Waals surface area contributed by atoms with E-state index in [0.717, 1.165) is 44.1 Å². The molecule has 2 aliphatic heterocycles. The molecule has 180 valence electrons. The lowest BCUT2D eigenvalue weighted by Gasteiger charge is -2.50. The molecular formula is C29H35FN2O2. The van der Waals surface area contributed by atoms with E-state index in [1.165, 1.54) is 28.8 Å². The van der Waals surface area contributed by atoms with E-state index < -0.39 is 5.41 Å². The number of nitrogens with zero attached hydrogens (tertiary/aromatic N) is 1. The average molecular weight is 463 g/mol. The second kappa shape index (κ2) is 8.83. The first kappa shape index (κ1) is 23.1. The van der Waals surface area contributed by atoms with Gasteiger partial charge < -0.3 is 10.2 Å². The number of halogens is 1. The monoisotopic (exact) mass is 462 g/mol. The minimum atomic E-state index is -0.415. The van der Waals surface area contributed by atoms with Gasteiger partial charge in [0, 0.05) is 32.0 Å². The van der Waals surface area contributed by atoms with Crippen LogP contribution in [0.1, 0.15) is 73.1 Å². The first-order valence-corrected chi connectivity index (χ1v) is 12.7. The number of rotatable bonds is 3. The molecule has 2 aromatic carbocycles. The quantitative estimate of drug-likeness (QED) is 0.684. The number of amides is 2. The standard InChI is InChI=1S/C29H35FN2O2/c1-20-15-21(2)17-23(16-20)29(9-3-4-10-29)27(34)32-13-11-28(12-14-32)18-26(33)31-19-25(28)22-5-7-24(30)8-6-22/h5-8,15-17,25H,3-4,9-14,18-19H2,1-2H3,(H,31,33)/t25-/m1/s1. The van der Waals surface area contributed by atoms with Crippen molar-refractivity contribution in [1.29, 1.82) is 0 Å². The number of piperidine rings is 2. The fourth-order valence-electron chi connectivity index (χ4n) is 6.94. The van der Waals surface area contributed by atoms with E-state index in [9.17, 15) is 14.0 Å². The van der Waals surface area contributed by atoms with Gasteiger partial charge in [-0.15, -0.1) is 0 Å². The maximum Gasteiger partial charge on any atom is 0.233 e. The zero-order valence-electron chi connectivity index (χ0n) is 20.3.